The number of nitrogens with zero attached hydrogens (tertiary/aromatic N) is 4. The van der Waals surface area contributed by atoms with Gasteiger partial charge in [0.2, 0.25) is 5.13 Å². The normalized spacial score (nSPS) is 24.4. The van der Waals surface area contributed by atoms with Crippen molar-refractivity contribution < 1.29 is 0 Å². The van der Waals surface area contributed by atoms with E-state index >= 15 is 0 Å². The van der Waals surface area contributed by atoms with Crippen molar-refractivity contribution in [3.8, 4) is 0 Å². The van der Waals surface area contributed by atoms with Gasteiger partial charge in [0.15, 0.2) is 0 Å². The van der Waals surface area contributed by atoms with Gasteiger partial charge in [0.25, 0.3) is 0 Å². The quantitative estimate of drug-likeness (QED) is 0.653. The van der Waals surface area contributed by atoms with Crippen LogP contribution in [0.15, 0.2) is 0 Å². The van der Waals surface area contributed by atoms with Gasteiger partial charge < -0.3 is 10.2 Å². The minimum atomic E-state index is 0.494. The molecule has 1 atom stereocenters. The Kier molecular flexibility index (Phi) is 2.18. The van der Waals surface area contributed by atoms with Gasteiger partial charge in [0.1, 0.15) is 0 Å². The van der Waals surface area contributed by atoms with Gasteiger partial charge in [-0.1, -0.05) is 9.59 Å². The van der Waals surface area contributed by atoms with Crippen molar-refractivity contribution in [3.63, 3.8) is 0 Å². The zero-order chi connectivity index (χ0) is 8.39. The third-order valence-corrected chi connectivity index (χ3v) is 2.67. The third kappa shape index (κ3) is 1.39. The van der Waals surface area contributed by atoms with E-state index < -0.39 is 0 Å². The molecule has 1 aliphatic rings. The predicted molar refractivity (Wildman–Crippen MR) is 47.4 cm³/mol. The zero-order valence-electron chi connectivity index (χ0n) is 6.90. The van der Waals surface area contributed by atoms with Crippen LogP contribution in [0.4, 0.5) is 5.13 Å². The number of rotatable bonds is 1. The molecule has 1 N–H and O–H groups in total. The van der Waals surface area contributed by atoms with Crippen molar-refractivity contribution in [3.05, 3.63) is 0 Å². The van der Waals surface area contributed by atoms with E-state index in [1.165, 1.54) is 11.5 Å². The molecule has 2 heterocycles. The highest BCUT2D eigenvalue weighted by Gasteiger charge is 2.20. The van der Waals surface area contributed by atoms with E-state index in [1.807, 2.05) is 0 Å². The van der Waals surface area contributed by atoms with Crippen molar-refractivity contribution in [1.82, 2.24) is 20.1 Å². The lowest BCUT2D eigenvalue weighted by atomic mass is 10.2. The van der Waals surface area contributed by atoms with E-state index in [0.29, 0.717) is 6.04 Å². The van der Waals surface area contributed by atoms with Crippen molar-refractivity contribution in [2.45, 2.75) is 13.0 Å². The second kappa shape index (κ2) is 3.32. The maximum atomic E-state index is 3.95. The SMILES string of the molecule is CC1CNCCN1c1nnns1. The molecule has 0 aliphatic carbocycles. The summed E-state index contributed by atoms with van der Waals surface area (Å²) in [6.07, 6.45) is 0. The van der Waals surface area contributed by atoms with E-state index in [0.717, 1.165) is 24.8 Å². The van der Waals surface area contributed by atoms with Gasteiger partial charge in [-0.25, -0.2) is 0 Å². The van der Waals surface area contributed by atoms with Crippen LogP contribution in [-0.2, 0) is 0 Å². The van der Waals surface area contributed by atoms with Gasteiger partial charge in [-0.3, -0.25) is 0 Å². The van der Waals surface area contributed by atoms with E-state index in [1.54, 1.807) is 0 Å². The molecular weight excluding hydrogens is 174 g/mol. The largest absolute Gasteiger partial charge is 0.340 e. The second-order valence-electron chi connectivity index (χ2n) is 2.89. The van der Waals surface area contributed by atoms with Crippen molar-refractivity contribution in [2.75, 3.05) is 24.5 Å². The molecule has 0 aromatic carbocycles. The van der Waals surface area contributed by atoms with Crippen LogP contribution in [-0.4, -0.2) is 40.5 Å². The summed E-state index contributed by atoms with van der Waals surface area (Å²) < 4.78 is 3.75. The molecule has 0 spiro atoms. The van der Waals surface area contributed by atoms with Gasteiger partial charge in [0, 0.05) is 37.2 Å². The molecule has 1 aromatic heterocycles. The van der Waals surface area contributed by atoms with E-state index in [-0.39, 0.29) is 0 Å². The Morgan fingerprint density at radius 1 is 1.67 bits per heavy atom. The molecule has 1 unspecified atom stereocenters. The summed E-state index contributed by atoms with van der Waals surface area (Å²) in [5.74, 6) is 0. The molecule has 2 rings (SSSR count). The summed E-state index contributed by atoms with van der Waals surface area (Å²) >= 11 is 1.36. The zero-order valence-corrected chi connectivity index (χ0v) is 7.71. The molecule has 0 amide bonds. The van der Waals surface area contributed by atoms with Crippen LogP contribution in [0.5, 0.6) is 0 Å². The highest BCUT2D eigenvalue weighted by atomic mass is 32.1. The summed E-state index contributed by atoms with van der Waals surface area (Å²) in [5, 5.41) is 11.8. The number of nitrogens with one attached hydrogen (secondary N) is 1. The van der Waals surface area contributed by atoms with Crippen molar-refractivity contribution >= 4 is 16.7 Å². The molecule has 1 saturated heterocycles. The maximum Gasteiger partial charge on any atom is 0.228 e. The summed E-state index contributed by atoms with van der Waals surface area (Å²) in [7, 11) is 0. The summed E-state index contributed by atoms with van der Waals surface area (Å²) in [6, 6.07) is 0.494. The Bertz CT molecular complexity index is 236. The molecule has 1 aromatic rings. The third-order valence-electron chi connectivity index (χ3n) is 2.04. The average molecular weight is 185 g/mol. The van der Waals surface area contributed by atoms with Crippen molar-refractivity contribution in [2.24, 2.45) is 0 Å². The van der Waals surface area contributed by atoms with Gasteiger partial charge >= 0.3 is 0 Å². The Balaban J connectivity index is 2.11. The van der Waals surface area contributed by atoms with E-state index in [4.69, 9.17) is 0 Å². The summed E-state index contributed by atoms with van der Waals surface area (Å²) in [5.41, 5.74) is 0. The van der Waals surface area contributed by atoms with Crippen LogP contribution >= 0.6 is 11.5 Å². The fourth-order valence-corrected chi connectivity index (χ4v) is 1.96. The number of hydrogen-bond acceptors (Lipinski definition) is 6. The standard InChI is InChI=1S/C6H11N5S/c1-5-4-7-2-3-11(5)6-8-9-10-12-6/h5,7H,2-4H2,1H3. The first-order chi connectivity index (χ1) is 5.88. The molecule has 0 saturated carbocycles. The van der Waals surface area contributed by atoms with E-state index in [9.17, 15) is 0 Å². The van der Waals surface area contributed by atoms with E-state index in [2.05, 4.69) is 31.9 Å². The summed E-state index contributed by atoms with van der Waals surface area (Å²) in [6.45, 7) is 5.20. The lowest BCUT2D eigenvalue weighted by Crippen LogP contribution is -2.49. The molecule has 0 bridgehead atoms. The Morgan fingerprint density at radius 2 is 2.58 bits per heavy atom. The van der Waals surface area contributed by atoms with Crippen LogP contribution in [0.25, 0.3) is 0 Å². The second-order valence-corrected chi connectivity index (χ2v) is 3.60. The molecule has 66 valence electrons. The summed E-state index contributed by atoms with van der Waals surface area (Å²) in [4.78, 5) is 2.24. The van der Waals surface area contributed by atoms with Crippen LogP contribution in [0, 0.1) is 0 Å². The average Bonchev–Trinajstić information content (AvgIpc) is 2.57. The topological polar surface area (TPSA) is 53.9 Å². The van der Waals surface area contributed by atoms with Crippen LogP contribution in [0.1, 0.15) is 6.92 Å². The number of piperazine rings is 1. The Hall–Kier alpha value is -0.750. The molecule has 5 nitrogen and oxygen atoms in total. The first kappa shape index (κ1) is 7.88. The lowest BCUT2D eigenvalue weighted by molar-refractivity contribution is 0.499. The fraction of sp³-hybridized carbons (Fsp3) is 0.833. The molecule has 6 heteroatoms. The van der Waals surface area contributed by atoms with Gasteiger partial charge in [-0.2, -0.15) is 0 Å². The Labute approximate surface area is 74.9 Å². The van der Waals surface area contributed by atoms with Crippen LogP contribution in [0.2, 0.25) is 0 Å². The highest BCUT2D eigenvalue weighted by Crippen LogP contribution is 2.17. The first-order valence-electron chi connectivity index (χ1n) is 4.00. The number of hydrogen-bond donors (Lipinski definition) is 1. The minimum Gasteiger partial charge on any atom is -0.340 e. The van der Waals surface area contributed by atoms with Crippen LogP contribution in [0.3, 0.4) is 0 Å². The maximum absolute atomic E-state index is 3.95. The number of anilines is 1. The molecular formula is C6H11N5S. The van der Waals surface area contributed by atoms with Crippen LogP contribution < -0.4 is 10.2 Å². The predicted octanol–water partition coefficient (Wildman–Crippen LogP) is -0.269. The number of aromatic nitrogens is 3. The van der Waals surface area contributed by atoms with Crippen molar-refractivity contribution in [1.29, 1.82) is 0 Å². The highest BCUT2D eigenvalue weighted by molar-refractivity contribution is 7.09. The Morgan fingerprint density at radius 3 is 3.25 bits per heavy atom. The molecule has 1 fully saturated rings. The lowest BCUT2D eigenvalue weighted by Gasteiger charge is -2.32. The fourth-order valence-electron chi connectivity index (χ4n) is 1.36. The molecule has 0 radical (unpaired) electrons. The molecule has 12 heavy (non-hydrogen) atoms. The van der Waals surface area contributed by atoms with Gasteiger partial charge in [-0.15, -0.1) is 0 Å². The van der Waals surface area contributed by atoms with Gasteiger partial charge in [-0.05, 0) is 12.1 Å². The molecule has 1 aliphatic heterocycles. The minimum absolute atomic E-state index is 0.494. The smallest absolute Gasteiger partial charge is 0.228 e. The first-order valence-corrected chi connectivity index (χ1v) is 4.77. The monoisotopic (exact) mass is 185 g/mol. The van der Waals surface area contributed by atoms with Gasteiger partial charge in [0.05, 0.1) is 0 Å².